The Morgan fingerprint density at radius 1 is 1.10 bits per heavy atom. The molecule has 1 N–H and O–H groups in total. The summed E-state index contributed by atoms with van der Waals surface area (Å²) in [5.74, 6) is 0. The summed E-state index contributed by atoms with van der Waals surface area (Å²) in [7, 11) is 4.27. The monoisotopic (exact) mass is 275 g/mol. The summed E-state index contributed by atoms with van der Waals surface area (Å²) in [6.07, 6.45) is 3.92. The van der Waals surface area contributed by atoms with E-state index in [1.54, 1.807) is 0 Å². The van der Waals surface area contributed by atoms with E-state index in [0.717, 1.165) is 32.2 Å². The molecule has 1 aromatic rings. The average Bonchev–Trinajstić information content (AvgIpc) is 3.26. The van der Waals surface area contributed by atoms with Gasteiger partial charge in [0.05, 0.1) is 0 Å². The lowest BCUT2D eigenvalue weighted by atomic mass is 10.2. The zero-order valence-electron chi connectivity index (χ0n) is 13.2. The van der Waals surface area contributed by atoms with E-state index in [1.165, 1.54) is 30.5 Å². The molecule has 0 spiro atoms. The molecule has 0 radical (unpaired) electrons. The lowest BCUT2D eigenvalue weighted by Gasteiger charge is -2.24. The van der Waals surface area contributed by atoms with Crippen molar-refractivity contribution >= 4 is 5.69 Å². The average molecular weight is 275 g/mol. The summed E-state index contributed by atoms with van der Waals surface area (Å²) in [6.45, 7) is 6.61. The molecule has 0 aliphatic heterocycles. The van der Waals surface area contributed by atoms with Crippen molar-refractivity contribution in [3.63, 3.8) is 0 Å². The third-order valence-corrected chi connectivity index (χ3v) is 3.89. The van der Waals surface area contributed by atoms with E-state index in [1.807, 2.05) is 0 Å². The second-order valence-corrected chi connectivity index (χ2v) is 6.06. The van der Waals surface area contributed by atoms with Crippen LogP contribution in [0.3, 0.4) is 0 Å². The van der Waals surface area contributed by atoms with Crippen molar-refractivity contribution in [3.8, 4) is 0 Å². The fraction of sp³-hybridized carbons (Fsp3) is 0.647. The van der Waals surface area contributed by atoms with Crippen molar-refractivity contribution in [2.24, 2.45) is 0 Å². The molecule has 20 heavy (non-hydrogen) atoms. The van der Waals surface area contributed by atoms with Crippen LogP contribution in [0.25, 0.3) is 0 Å². The fourth-order valence-electron chi connectivity index (χ4n) is 2.42. The van der Waals surface area contributed by atoms with E-state index in [2.05, 4.69) is 60.4 Å². The highest BCUT2D eigenvalue weighted by molar-refractivity contribution is 5.47. The highest BCUT2D eigenvalue weighted by Gasteiger charge is 2.19. The number of hydrogen-bond acceptors (Lipinski definition) is 3. The van der Waals surface area contributed by atoms with Crippen LogP contribution in [0.4, 0.5) is 5.69 Å². The maximum atomic E-state index is 3.56. The first kappa shape index (κ1) is 15.3. The maximum absolute atomic E-state index is 3.56. The molecule has 0 aromatic heterocycles. The van der Waals surface area contributed by atoms with Crippen molar-refractivity contribution in [2.75, 3.05) is 38.6 Å². The van der Waals surface area contributed by atoms with Gasteiger partial charge in [0.1, 0.15) is 0 Å². The van der Waals surface area contributed by atoms with Crippen molar-refractivity contribution in [2.45, 2.75) is 38.8 Å². The molecule has 1 fully saturated rings. The number of nitrogens with one attached hydrogen (secondary N) is 1. The van der Waals surface area contributed by atoms with Crippen LogP contribution in [0, 0.1) is 0 Å². The summed E-state index contributed by atoms with van der Waals surface area (Å²) in [4.78, 5) is 4.71. The Morgan fingerprint density at radius 2 is 1.80 bits per heavy atom. The minimum Gasteiger partial charge on any atom is -0.372 e. The molecule has 3 heteroatoms. The lowest BCUT2D eigenvalue weighted by Crippen LogP contribution is -2.27. The first-order valence-electron chi connectivity index (χ1n) is 7.91. The van der Waals surface area contributed by atoms with Gasteiger partial charge in [-0.1, -0.05) is 12.1 Å². The Bertz CT molecular complexity index is 382. The molecule has 0 amide bonds. The van der Waals surface area contributed by atoms with Gasteiger partial charge in [-0.2, -0.15) is 0 Å². The Kier molecular flexibility index (Phi) is 5.86. The van der Waals surface area contributed by atoms with Gasteiger partial charge in [-0.25, -0.2) is 0 Å². The summed E-state index contributed by atoms with van der Waals surface area (Å²) in [5, 5.41) is 3.56. The Hall–Kier alpha value is -1.06. The molecule has 0 unspecified atom stereocenters. The highest BCUT2D eigenvalue weighted by Crippen LogP contribution is 2.20. The molecule has 3 nitrogen and oxygen atoms in total. The molecule has 0 atom stereocenters. The molecule has 1 aliphatic carbocycles. The minimum atomic E-state index is 0.785. The molecule has 0 bridgehead atoms. The van der Waals surface area contributed by atoms with Crippen LogP contribution in [0.5, 0.6) is 0 Å². The predicted molar refractivity (Wildman–Crippen MR) is 87.4 cm³/mol. The minimum absolute atomic E-state index is 0.785. The zero-order chi connectivity index (χ0) is 14.4. The van der Waals surface area contributed by atoms with Crippen LogP contribution in [0.2, 0.25) is 0 Å². The fourth-order valence-corrected chi connectivity index (χ4v) is 2.42. The van der Waals surface area contributed by atoms with Gasteiger partial charge in [-0.15, -0.1) is 0 Å². The first-order chi connectivity index (χ1) is 9.69. The number of hydrogen-bond donors (Lipinski definition) is 1. The Labute approximate surface area is 124 Å². The molecular formula is C17H29N3. The lowest BCUT2D eigenvalue weighted by molar-refractivity contribution is 0.400. The van der Waals surface area contributed by atoms with Gasteiger partial charge in [0, 0.05) is 31.4 Å². The van der Waals surface area contributed by atoms with E-state index in [4.69, 9.17) is 0 Å². The van der Waals surface area contributed by atoms with Crippen LogP contribution in [-0.4, -0.2) is 44.7 Å². The Morgan fingerprint density at radius 3 is 2.35 bits per heavy atom. The smallest absolute Gasteiger partial charge is 0.0366 e. The van der Waals surface area contributed by atoms with Crippen molar-refractivity contribution in [1.82, 2.24) is 10.2 Å². The predicted octanol–water partition coefficient (Wildman–Crippen LogP) is 2.72. The second-order valence-electron chi connectivity index (χ2n) is 6.06. The van der Waals surface area contributed by atoms with Crippen molar-refractivity contribution < 1.29 is 0 Å². The van der Waals surface area contributed by atoms with Gasteiger partial charge in [0.2, 0.25) is 0 Å². The molecular weight excluding hydrogens is 246 g/mol. The second kappa shape index (κ2) is 7.65. The van der Waals surface area contributed by atoms with Crippen molar-refractivity contribution in [3.05, 3.63) is 29.8 Å². The van der Waals surface area contributed by atoms with Gasteiger partial charge in [-0.3, -0.25) is 0 Å². The largest absolute Gasteiger partial charge is 0.372 e. The van der Waals surface area contributed by atoms with Gasteiger partial charge < -0.3 is 15.1 Å². The van der Waals surface area contributed by atoms with E-state index >= 15 is 0 Å². The van der Waals surface area contributed by atoms with E-state index in [0.29, 0.717) is 0 Å². The van der Waals surface area contributed by atoms with E-state index in [-0.39, 0.29) is 0 Å². The van der Waals surface area contributed by atoms with Crippen LogP contribution in [0.1, 0.15) is 31.7 Å². The van der Waals surface area contributed by atoms with Crippen LogP contribution in [0.15, 0.2) is 24.3 Å². The third-order valence-electron chi connectivity index (χ3n) is 3.89. The Balaban J connectivity index is 1.81. The summed E-state index contributed by atoms with van der Waals surface area (Å²) < 4.78 is 0. The zero-order valence-corrected chi connectivity index (χ0v) is 13.2. The van der Waals surface area contributed by atoms with Gasteiger partial charge in [-0.05, 0) is 64.5 Å². The van der Waals surface area contributed by atoms with E-state index in [9.17, 15) is 0 Å². The van der Waals surface area contributed by atoms with Gasteiger partial charge in [0.15, 0.2) is 0 Å². The quantitative estimate of drug-likeness (QED) is 0.747. The third kappa shape index (κ3) is 5.14. The van der Waals surface area contributed by atoms with Crippen LogP contribution >= 0.6 is 0 Å². The van der Waals surface area contributed by atoms with Gasteiger partial charge in [0.25, 0.3) is 0 Å². The molecule has 1 saturated carbocycles. The number of benzene rings is 1. The number of anilines is 1. The van der Waals surface area contributed by atoms with Crippen LogP contribution < -0.4 is 10.2 Å². The maximum Gasteiger partial charge on any atom is 0.0366 e. The first-order valence-corrected chi connectivity index (χ1v) is 7.91. The summed E-state index contributed by atoms with van der Waals surface area (Å²) in [5.41, 5.74) is 2.74. The topological polar surface area (TPSA) is 18.5 Å². The standard InChI is InChI=1S/C17H29N3/c1-4-20(13-5-12-19(2)3)17-10-6-15(7-11-17)14-18-16-8-9-16/h6-7,10-11,16,18H,4-5,8-9,12-14H2,1-3H3. The molecule has 112 valence electrons. The number of nitrogens with zero attached hydrogens (tertiary/aromatic N) is 2. The highest BCUT2D eigenvalue weighted by atomic mass is 15.1. The van der Waals surface area contributed by atoms with Crippen LogP contribution in [-0.2, 0) is 6.54 Å². The number of rotatable bonds is 9. The summed E-state index contributed by atoms with van der Waals surface area (Å²) >= 11 is 0. The normalized spacial score (nSPS) is 14.8. The van der Waals surface area contributed by atoms with Crippen molar-refractivity contribution in [1.29, 1.82) is 0 Å². The van der Waals surface area contributed by atoms with E-state index < -0.39 is 0 Å². The molecule has 0 saturated heterocycles. The molecule has 1 aliphatic rings. The van der Waals surface area contributed by atoms with Gasteiger partial charge >= 0.3 is 0 Å². The SMILES string of the molecule is CCN(CCCN(C)C)c1ccc(CNC2CC2)cc1. The molecule has 1 aromatic carbocycles. The molecule has 2 rings (SSSR count). The summed E-state index contributed by atoms with van der Waals surface area (Å²) in [6, 6.07) is 9.85. The molecule has 0 heterocycles.